The van der Waals surface area contributed by atoms with Gasteiger partial charge in [0.05, 0.1) is 29.1 Å². The first-order valence-corrected chi connectivity index (χ1v) is 7.80. The Morgan fingerprint density at radius 1 is 1.10 bits per heavy atom. The number of hydrogen-bond acceptors (Lipinski definition) is 4. The smallest absolute Gasteiger partial charge is 0.338 e. The second-order valence-electron chi connectivity index (χ2n) is 4.32. The van der Waals surface area contributed by atoms with Gasteiger partial charge in [-0.3, -0.25) is 4.55 Å². The normalized spacial score (nSPS) is 11.3. The molecule has 0 aromatic heterocycles. The Balaban J connectivity index is 3.02. The fourth-order valence-electron chi connectivity index (χ4n) is 1.85. The molecule has 0 unspecified atom stereocenters. The van der Waals surface area contributed by atoms with E-state index in [-0.39, 0.29) is 24.5 Å². The third-order valence-corrected chi connectivity index (χ3v) is 3.50. The molecule has 0 atom stereocenters. The van der Waals surface area contributed by atoms with Crippen molar-refractivity contribution in [3.63, 3.8) is 0 Å². The highest BCUT2D eigenvalue weighted by Gasteiger charge is 2.18. The first-order valence-electron chi connectivity index (χ1n) is 6.19. The molecule has 106 valence electrons. The van der Waals surface area contributed by atoms with Crippen molar-refractivity contribution in [2.24, 2.45) is 0 Å². The molecule has 0 heterocycles. The van der Waals surface area contributed by atoms with Crippen LogP contribution in [0.1, 0.15) is 27.0 Å². The van der Waals surface area contributed by atoms with E-state index in [4.69, 9.17) is 32.8 Å². The van der Waals surface area contributed by atoms with Gasteiger partial charge in [0.25, 0.3) is 10.1 Å². The highest BCUT2D eigenvalue weighted by Crippen LogP contribution is 2.20. The van der Waals surface area contributed by atoms with Crippen molar-refractivity contribution in [1.29, 1.82) is 0 Å². The fourth-order valence-corrected chi connectivity index (χ4v) is 2.15. The SMILES string of the molecule is [B]Cc1cc(C[B])c(C(=O)OCCS(=O)(=O)O)c(C[B])c1. The third-order valence-electron chi connectivity index (χ3n) is 2.82. The molecule has 0 bridgehead atoms. The maximum atomic E-state index is 12.0. The Bertz CT molecular complexity index is 590. The Kier molecular flexibility index (Phi) is 6.55. The fraction of sp³-hybridized carbons (Fsp3) is 0.417. The maximum Gasteiger partial charge on any atom is 0.338 e. The molecule has 1 rings (SSSR count). The lowest BCUT2D eigenvalue weighted by Gasteiger charge is -2.15. The molecule has 0 saturated heterocycles. The van der Waals surface area contributed by atoms with Crippen molar-refractivity contribution in [3.8, 4) is 0 Å². The Morgan fingerprint density at radius 3 is 2.00 bits per heavy atom. The van der Waals surface area contributed by atoms with Gasteiger partial charge in [0.1, 0.15) is 12.4 Å². The summed E-state index contributed by atoms with van der Waals surface area (Å²) < 4.78 is 34.6. The van der Waals surface area contributed by atoms with E-state index in [1.165, 1.54) is 0 Å². The number of rotatable bonds is 7. The van der Waals surface area contributed by atoms with Crippen LogP contribution in [-0.2, 0) is 33.8 Å². The average Bonchev–Trinajstić information content (AvgIpc) is 2.43. The van der Waals surface area contributed by atoms with Crippen LogP contribution >= 0.6 is 0 Å². The van der Waals surface area contributed by atoms with Crippen LogP contribution in [-0.4, -0.2) is 54.8 Å². The van der Waals surface area contributed by atoms with E-state index in [9.17, 15) is 13.2 Å². The second kappa shape index (κ2) is 7.70. The van der Waals surface area contributed by atoms with Crippen LogP contribution in [0.2, 0.25) is 0 Å². The molecule has 0 saturated carbocycles. The van der Waals surface area contributed by atoms with Gasteiger partial charge in [0.15, 0.2) is 0 Å². The molecule has 5 nitrogen and oxygen atoms in total. The summed E-state index contributed by atoms with van der Waals surface area (Å²) in [6, 6.07) is 3.36. The Morgan fingerprint density at radius 2 is 1.62 bits per heavy atom. The van der Waals surface area contributed by atoms with E-state index < -0.39 is 28.4 Å². The monoisotopic (exact) mass is 302 g/mol. The summed E-state index contributed by atoms with van der Waals surface area (Å²) in [6.07, 6.45) is 0.450. The molecular weight excluding hydrogens is 289 g/mol. The van der Waals surface area contributed by atoms with Gasteiger partial charge in [-0.05, 0) is 11.1 Å². The van der Waals surface area contributed by atoms with Crippen LogP contribution in [0.25, 0.3) is 0 Å². The first-order chi connectivity index (χ1) is 9.82. The lowest BCUT2D eigenvalue weighted by Crippen LogP contribution is -2.18. The number of carbonyl (C=O) groups is 1. The van der Waals surface area contributed by atoms with Gasteiger partial charge in [-0.1, -0.05) is 36.7 Å². The lowest BCUT2D eigenvalue weighted by molar-refractivity contribution is 0.0526. The highest BCUT2D eigenvalue weighted by molar-refractivity contribution is 7.85. The molecule has 9 heteroatoms. The zero-order valence-corrected chi connectivity index (χ0v) is 12.2. The predicted octanol–water partition coefficient (Wildman–Crippen LogP) is -0.263. The van der Waals surface area contributed by atoms with Crippen LogP contribution < -0.4 is 0 Å². The molecule has 21 heavy (non-hydrogen) atoms. The van der Waals surface area contributed by atoms with Crippen molar-refractivity contribution in [1.82, 2.24) is 0 Å². The summed E-state index contributed by atoms with van der Waals surface area (Å²) >= 11 is 0. The van der Waals surface area contributed by atoms with Gasteiger partial charge in [-0.2, -0.15) is 8.42 Å². The Hall–Kier alpha value is -1.21. The van der Waals surface area contributed by atoms with Gasteiger partial charge in [0.2, 0.25) is 0 Å². The summed E-state index contributed by atoms with van der Waals surface area (Å²) in [4.78, 5) is 12.0. The number of hydrogen-bond donors (Lipinski definition) is 1. The van der Waals surface area contributed by atoms with E-state index in [0.29, 0.717) is 11.1 Å². The van der Waals surface area contributed by atoms with Gasteiger partial charge >= 0.3 is 5.97 Å². The van der Waals surface area contributed by atoms with E-state index in [1.54, 1.807) is 12.1 Å². The number of carbonyl (C=O) groups excluding carboxylic acids is 1. The van der Waals surface area contributed by atoms with Gasteiger partial charge in [-0.15, -0.1) is 0 Å². The summed E-state index contributed by atoms with van der Waals surface area (Å²) in [5.41, 5.74) is 2.04. The van der Waals surface area contributed by atoms with Crippen LogP contribution in [0.3, 0.4) is 0 Å². The molecule has 6 radical (unpaired) electrons. The number of ether oxygens (including phenoxy) is 1. The third kappa shape index (κ3) is 5.24. The van der Waals surface area contributed by atoms with Gasteiger partial charge in [-0.25, -0.2) is 4.79 Å². The standard InChI is InChI=1S/C12H13B3O5S/c13-5-8-3-9(6-14)11(10(4-8)7-15)12(16)20-1-2-21(17,18)19/h3-4H,1-2,5-7H2,(H,17,18,19). The topological polar surface area (TPSA) is 80.7 Å². The largest absolute Gasteiger partial charge is 0.461 e. The zero-order chi connectivity index (χ0) is 16.0. The molecule has 0 spiro atoms. The van der Waals surface area contributed by atoms with E-state index in [2.05, 4.69) is 0 Å². The highest BCUT2D eigenvalue weighted by atomic mass is 32.2. The van der Waals surface area contributed by atoms with Crippen LogP contribution in [0, 0.1) is 0 Å². The second-order valence-corrected chi connectivity index (χ2v) is 5.90. The van der Waals surface area contributed by atoms with Crippen LogP contribution in [0.5, 0.6) is 0 Å². The molecular formula is C12H13B3O5S. The minimum absolute atomic E-state index is 0.0869. The van der Waals surface area contributed by atoms with Gasteiger partial charge in [0, 0.05) is 0 Å². The maximum absolute atomic E-state index is 12.0. The summed E-state index contributed by atoms with van der Waals surface area (Å²) in [5.74, 6) is -1.40. The molecule has 0 aliphatic carbocycles. The number of esters is 1. The molecule has 0 amide bonds. The molecule has 0 aliphatic heterocycles. The van der Waals surface area contributed by atoms with E-state index in [1.807, 2.05) is 0 Å². The van der Waals surface area contributed by atoms with Crippen molar-refractivity contribution in [2.75, 3.05) is 12.4 Å². The predicted molar refractivity (Wildman–Crippen MR) is 81.5 cm³/mol. The van der Waals surface area contributed by atoms with Gasteiger partial charge < -0.3 is 4.74 Å². The Labute approximate surface area is 128 Å². The van der Waals surface area contributed by atoms with Crippen molar-refractivity contribution < 1.29 is 22.5 Å². The van der Waals surface area contributed by atoms with E-state index in [0.717, 1.165) is 5.56 Å². The minimum atomic E-state index is -4.19. The summed E-state index contributed by atoms with van der Waals surface area (Å²) in [6.45, 7) is -0.454. The summed E-state index contributed by atoms with van der Waals surface area (Å²) in [5, 5.41) is 0. The lowest BCUT2D eigenvalue weighted by atomic mass is 9.82. The molecule has 1 aromatic rings. The van der Waals surface area contributed by atoms with Crippen molar-refractivity contribution >= 4 is 39.6 Å². The van der Waals surface area contributed by atoms with Crippen molar-refractivity contribution in [2.45, 2.75) is 19.0 Å². The molecule has 0 aliphatic rings. The molecule has 0 fully saturated rings. The molecule has 1 N–H and O–H groups in total. The number of benzene rings is 1. The quantitative estimate of drug-likeness (QED) is 0.426. The van der Waals surface area contributed by atoms with Crippen LogP contribution in [0.4, 0.5) is 0 Å². The van der Waals surface area contributed by atoms with E-state index >= 15 is 0 Å². The van der Waals surface area contributed by atoms with Crippen LogP contribution in [0.15, 0.2) is 12.1 Å². The first kappa shape index (κ1) is 17.8. The zero-order valence-electron chi connectivity index (χ0n) is 11.4. The minimum Gasteiger partial charge on any atom is -0.461 e. The average molecular weight is 302 g/mol. The van der Waals surface area contributed by atoms with Crippen molar-refractivity contribution in [3.05, 3.63) is 34.4 Å². The molecule has 1 aromatic carbocycles. The summed E-state index contributed by atoms with van der Waals surface area (Å²) in [7, 11) is 12.6.